The van der Waals surface area contributed by atoms with E-state index < -0.39 is 31.3 Å². The lowest BCUT2D eigenvalue weighted by Gasteiger charge is -1.82. The first-order valence-corrected chi connectivity index (χ1v) is 15.4. The van der Waals surface area contributed by atoms with Gasteiger partial charge in [0.05, 0.1) is 0 Å². The summed E-state index contributed by atoms with van der Waals surface area (Å²) in [5.74, 6) is 0. The van der Waals surface area contributed by atoms with Gasteiger partial charge in [-0.15, -0.1) is 0 Å². The van der Waals surface area contributed by atoms with Gasteiger partial charge in [0.2, 0.25) is 0 Å². The molecule has 12 N–H and O–H groups in total. The second-order valence-corrected chi connectivity index (χ2v) is 6.16. The molecular formula is C12H48O16P4. The molecule has 32 heavy (non-hydrogen) atoms. The zero-order valence-corrected chi connectivity index (χ0v) is 24.4. The maximum absolute atomic E-state index is 8.88. The van der Waals surface area contributed by atoms with Gasteiger partial charge in [0.25, 0.3) is 0 Å². The summed E-state index contributed by atoms with van der Waals surface area (Å²) < 4.78 is 35.5. The second-order valence-electron chi connectivity index (χ2n) is 2.05. The van der Waals surface area contributed by atoms with Gasteiger partial charge in [0.1, 0.15) is 0 Å². The Kier molecular flexibility index (Phi) is 97.1. The zero-order valence-electron chi connectivity index (χ0n) is 20.8. The van der Waals surface area contributed by atoms with Crippen molar-refractivity contribution in [3.8, 4) is 0 Å². The lowest BCUT2D eigenvalue weighted by Crippen LogP contribution is -1.66. The van der Waals surface area contributed by atoms with Crippen molar-refractivity contribution in [1.82, 2.24) is 0 Å². The van der Waals surface area contributed by atoms with Crippen LogP contribution in [0.2, 0.25) is 0 Å². The van der Waals surface area contributed by atoms with Crippen molar-refractivity contribution in [2.75, 3.05) is 0 Å². The number of hydrogen-bond donors (Lipinski definition) is 12. The first-order valence-electron chi connectivity index (χ1n) is 9.13. The lowest BCUT2D eigenvalue weighted by molar-refractivity contribution is 0.272. The molecule has 0 rings (SSSR count). The van der Waals surface area contributed by atoms with E-state index in [1.165, 1.54) is 0 Å². The first kappa shape index (κ1) is 63.7. The average Bonchev–Trinajstić information content (AvgIpc) is 2.59. The molecule has 212 valence electrons. The maximum atomic E-state index is 8.88. The van der Waals surface area contributed by atoms with Crippen LogP contribution < -0.4 is 0 Å². The Labute approximate surface area is 192 Å². The van der Waals surface area contributed by atoms with Crippen LogP contribution >= 0.6 is 31.3 Å². The summed E-state index contributed by atoms with van der Waals surface area (Å²) in [4.78, 5) is 86.2. The molecule has 0 unspecified atom stereocenters. The van der Waals surface area contributed by atoms with Crippen LogP contribution in [0.1, 0.15) is 83.1 Å². The third-order valence-corrected chi connectivity index (χ3v) is 0. The molecule has 0 radical (unpaired) electrons. The molecule has 0 aliphatic heterocycles. The fourth-order valence-electron chi connectivity index (χ4n) is 0. The van der Waals surface area contributed by atoms with Crippen LogP contribution in [0.15, 0.2) is 0 Å². The van der Waals surface area contributed by atoms with Crippen LogP contribution in [0.5, 0.6) is 0 Å². The van der Waals surface area contributed by atoms with Gasteiger partial charge >= 0.3 is 31.3 Å². The SMILES string of the molecule is CC.CC.CC.CC.CC.CC.O=P(O)(O)O.O=P(O)(O)O.O=P(O)(O)O.O=P(O)(O)O. The average molecular weight is 572 g/mol. The Balaban J connectivity index is -0.0000000218. The van der Waals surface area contributed by atoms with Gasteiger partial charge < -0.3 is 58.7 Å². The van der Waals surface area contributed by atoms with Gasteiger partial charge in [0.15, 0.2) is 0 Å². The smallest absolute Gasteiger partial charge is 0.303 e. The molecule has 0 aliphatic carbocycles. The van der Waals surface area contributed by atoms with E-state index in [2.05, 4.69) is 0 Å². The van der Waals surface area contributed by atoms with E-state index in [9.17, 15) is 0 Å². The third kappa shape index (κ3) is 136000. The Morgan fingerprint density at radius 1 is 0.250 bits per heavy atom. The van der Waals surface area contributed by atoms with E-state index in [0.29, 0.717) is 0 Å². The highest BCUT2D eigenvalue weighted by molar-refractivity contribution is 7.45. The van der Waals surface area contributed by atoms with Crippen molar-refractivity contribution in [3.05, 3.63) is 0 Å². The Bertz CT molecular complexity index is 310. The van der Waals surface area contributed by atoms with Gasteiger partial charge in [-0.3, -0.25) is 0 Å². The summed E-state index contributed by atoms with van der Waals surface area (Å²) in [6, 6.07) is 0. The minimum atomic E-state index is -4.64. The Morgan fingerprint density at radius 3 is 0.250 bits per heavy atom. The molecule has 0 saturated heterocycles. The summed E-state index contributed by atoms with van der Waals surface area (Å²) in [7, 11) is -18.6. The van der Waals surface area contributed by atoms with Gasteiger partial charge in [-0.1, -0.05) is 83.1 Å². The predicted molar refractivity (Wildman–Crippen MR) is 125 cm³/mol. The van der Waals surface area contributed by atoms with Gasteiger partial charge in [-0.2, -0.15) is 0 Å². The molecule has 0 fully saturated rings. The highest BCUT2D eigenvalue weighted by Gasteiger charge is 2.01. The minimum Gasteiger partial charge on any atom is -0.303 e. The van der Waals surface area contributed by atoms with Crippen molar-refractivity contribution < 1.29 is 77.0 Å². The molecule has 0 amide bonds. The van der Waals surface area contributed by atoms with Crippen molar-refractivity contribution >= 4 is 31.3 Å². The topological polar surface area (TPSA) is 311 Å². The lowest BCUT2D eigenvalue weighted by atomic mass is 11.0. The standard InChI is InChI=1S/6C2H6.4H3O4P/c6*1-2;4*1-5(2,3)4/h6*1-2H3;4*(H3,1,2,3,4). The summed E-state index contributed by atoms with van der Waals surface area (Å²) in [5, 5.41) is 0. The van der Waals surface area contributed by atoms with Crippen LogP contribution in [0.3, 0.4) is 0 Å². The molecule has 0 spiro atoms. The zero-order chi connectivity index (χ0) is 30.0. The molecular weight excluding hydrogens is 524 g/mol. The van der Waals surface area contributed by atoms with Crippen molar-refractivity contribution in [2.24, 2.45) is 0 Å². The second kappa shape index (κ2) is 48.8. The van der Waals surface area contributed by atoms with E-state index in [1.807, 2.05) is 83.1 Å². The maximum Gasteiger partial charge on any atom is 0.466 e. The van der Waals surface area contributed by atoms with Crippen LogP contribution in [-0.4, -0.2) is 58.7 Å². The van der Waals surface area contributed by atoms with Crippen LogP contribution in [-0.2, 0) is 18.3 Å². The molecule has 20 heteroatoms. The molecule has 0 saturated carbocycles. The molecule has 0 aliphatic rings. The van der Waals surface area contributed by atoms with Gasteiger partial charge in [-0.25, -0.2) is 18.3 Å². The van der Waals surface area contributed by atoms with Crippen molar-refractivity contribution in [2.45, 2.75) is 83.1 Å². The molecule has 16 nitrogen and oxygen atoms in total. The number of hydrogen-bond acceptors (Lipinski definition) is 4. The normalized spacial score (nSPS) is 8.50. The highest BCUT2D eigenvalue weighted by Crippen LogP contribution is 2.27. The third-order valence-electron chi connectivity index (χ3n) is 0. The molecule has 0 atom stereocenters. The highest BCUT2D eigenvalue weighted by atomic mass is 31.2. The van der Waals surface area contributed by atoms with E-state index in [0.717, 1.165) is 0 Å². The fourth-order valence-corrected chi connectivity index (χ4v) is 0. The first-order chi connectivity index (χ1) is 14.0. The fraction of sp³-hybridized carbons (Fsp3) is 1.00. The van der Waals surface area contributed by atoms with E-state index in [4.69, 9.17) is 77.0 Å². The molecule has 0 aromatic heterocycles. The number of phosphoric acid groups is 4. The van der Waals surface area contributed by atoms with Crippen LogP contribution in [0.4, 0.5) is 0 Å². The Morgan fingerprint density at radius 2 is 0.250 bits per heavy atom. The van der Waals surface area contributed by atoms with Crippen LogP contribution in [0, 0.1) is 0 Å². The van der Waals surface area contributed by atoms with E-state index in [1.54, 1.807) is 0 Å². The van der Waals surface area contributed by atoms with Gasteiger partial charge in [-0.05, 0) is 0 Å². The largest absolute Gasteiger partial charge is 0.466 e. The minimum absolute atomic E-state index is 2.00. The Hall–Kier alpha value is 0.440. The van der Waals surface area contributed by atoms with Crippen molar-refractivity contribution in [3.63, 3.8) is 0 Å². The molecule has 0 bridgehead atoms. The number of rotatable bonds is 0. The predicted octanol–water partition coefficient (Wildman–Crippen LogP) is 2.44. The molecule has 0 heterocycles. The summed E-state index contributed by atoms with van der Waals surface area (Å²) >= 11 is 0. The van der Waals surface area contributed by atoms with E-state index in [-0.39, 0.29) is 0 Å². The van der Waals surface area contributed by atoms with Gasteiger partial charge in [0, 0.05) is 0 Å². The summed E-state index contributed by atoms with van der Waals surface area (Å²) in [6.07, 6.45) is 0. The molecule has 0 aromatic carbocycles. The quantitative estimate of drug-likeness (QED) is 0.185. The van der Waals surface area contributed by atoms with E-state index >= 15 is 0 Å². The van der Waals surface area contributed by atoms with Crippen LogP contribution in [0.25, 0.3) is 0 Å². The monoisotopic (exact) mass is 572 g/mol. The molecule has 0 aromatic rings. The van der Waals surface area contributed by atoms with Crippen molar-refractivity contribution in [1.29, 1.82) is 0 Å². The summed E-state index contributed by atoms with van der Waals surface area (Å²) in [6.45, 7) is 24.0. The summed E-state index contributed by atoms with van der Waals surface area (Å²) in [5.41, 5.74) is 0.